The Morgan fingerprint density at radius 2 is 1.76 bits per heavy atom. The zero-order valence-corrected chi connectivity index (χ0v) is 18.4. The van der Waals surface area contributed by atoms with Crippen molar-refractivity contribution >= 4 is 0 Å². The number of benzene rings is 3. The Kier molecular flexibility index (Phi) is 5.48. The molecule has 0 radical (unpaired) electrons. The van der Waals surface area contributed by atoms with Crippen molar-refractivity contribution in [3.8, 4) is 29.0 Å². The lowest BCUT2D eigenvalue weighted by Gasteiger charge is -2.24. The number of nitrogens with two attached hydrogens (primary N) is 1. The van der Waals surface area contributed by atoms with E-state index < -0.39 is 5.92 Å². The van der Waals surface area contributed by atoms with E-state index in [0.717, 1.165) is 33.5 Å². The number of hydrogen-bond donors (Lipinski definition) is 2. The topological polar surface area (TPSA) is 97.0 Å². The lowest BCUT2D eigenvalue weighted by molar-refractivity contribution is 0.306. The molecule has 0 fully saturated rings. The minimum absolute atomic E-state index is 0.0404. The molecule has 0 aliphatic carbocycles. The summed E-state index contributed by atoms with van der Waals surface area (Å²) in [6.07, 6.45) is 0. The molecule has 3 aromatic carbocycles. The Morgan fingerprint density at radius 1 is 1.06 bits per heavy atom. The van der Waals surface area contributed by atoms with Crippen LogP contribution >= 0.6 is 0 Å². The SMILES string of the molecule is Cc1ccc(-c2[nH]nc3c2[C@@H](c2ccc(OCc4ccc(F)cc4)cc2)C(C#N)=C(N)O3)cc1. The minimum atomic E-state index is -0.449. The predicted octanol–water partition coefficient (Wildman–Crippen LogP) is 5.32. The zero-order chi connectivity index (χ0) is 23.7. The molecule has 0 saturated carbocycles. The molecule has 0 saturated heterocycles. The normalized spacial score (nSPS) is 14.8. The number of allylic oxidation sites excluding steroid dienone is 1. The van der Waals surface area contributed by atoms with Gasteiger partial charge in [0.2, 0.25) is 11.8 Å². The third-order valence-electron chi connectivity index (χ3n) is 5.81. The first kappa shape index (κ1) is 21.3. The summed E-state index contributed by atoms with van der Waals surface area (Å²) in [6.45, 7) is 2.34. The molecule has 7 heteroatoms. The van der Waals surface area contributed by atoms with E-state index in [1.165, 1.54) is 12.1 Å². The number of nitriles is 1. The van der Waals surface area contributed by atoms with E-state index in [2.05, 4.69) is 16.3 Å². The van der Waals surface area contributed by atoms with Crippen LogP contribution < -0.4 is 15.2 Å². The molecule has 168 valence electrons. The van der Waals surface area contributed by atoms with Crippen LogP contribution in [0.5, 0.6) is 11.6 Å². The van der Waals surface area contributed by atoms with Crippen LogP contribution in [0.15, 0.2) is 84.3 Å². The smallest absolute Gasteiger partial charge is 0.244 e. The second-order valence-electron chi connectivity index (χ2n) is 8.09. The van der Waals surface area contributed by atoms with Crippen LogP contribution in [0.3, 0.4) is 0 Å². The van der Waals surface area contributed by atoms with Gasteiger partial charge in [-0.1, -0.05) is 54.1 Å². The lowest BCUT2D eigenvalue weighted by Crippen LogP contribution is -2.21. The number of nitrogens with zero attached hydrogens (tertiary/aromatic N) is 2. The summed E-state index contributed by atoms with van der Waals surface area (Å²) in [5.41, 5.74) is 11.7. The molecule has 3 N–H and O–H groups in total. The van der Waals surface area contributed by atoms with Crippen molar-refractivity contribution in [1.82, 2.24) is 10.2 Å². The number of rotatable bonds is 5. The van der Waals surface area contributed by atoms with Crippen LogP contribution in [-0.2, 0) is 6.61 Å². The fraction of sp³-hybridized carbons (Fsp3) is 0.111. The van der Waals surface area contributed by atoms with Crippen LogP contribution in [0.25, 0.3) is 11.3 Å². The molecule has 1 atom stereocenters. The molecule has 1 aliphatic rings. The second kappa shape index (κ2) is 8.75. The van der Waals surface area contributed by atoms with Crippen LogP contribution in [-0.4, -0.2) is 10.2 Å². The second-order valence-corrected chi connectivity index (χ2v) is 8.09. The highest BCUT2D eigenvalue weighted by Crippen LogP contribution is 2.45. The van der Waals surface area contributed by atoms with Gasteiger partial charge in [-0.05, 0) is 42.3 Å². The Bertz CT molecular complexity index is 1400. The average Bonchev–Trinajstić information content (AvgIpc) is 3.27. The summed E-state index contributed by atoms with van der Waals surface area (Å²) in [4.78, 5) is 0. The number of halogens is 1. The fourth-order valence-electron chi connectivity index (χ4n) is 4.02. The highest BCUT2D eigenvalue weighted by molar-refractivity contribution is 5.71. The highest BCUT2D eigenvalue weighted by atomic mass is 19.1. The maximum Gasteiger partial charge on any atom is 0.244 e. The van der Waals surface area contributed by atoms with Gasteiger partial charge >= 0.3 is 0 Å². The van der Waals surface area contributed by atoms with Gasteiger partial charge in [0.15, 0.2) is 0 Å². The highest BCUT2D eigenvalue weighted by Gasteiger charge is 2.35. The van der Waals surface area contributed by atoms with Gasteiger partial charge in [0.25, 0.3) is 0 Å². The number of nitrogens with one attached hydrogen (secondary N) is 1. The standard InChI is InChI=1S/C27H21FN4O2/c1-16-2-6-19(7-3-16)25-24-23(22(14-29)26(30)34-27(24)32-31-25)18-8-12-21(13-9-18)33-15-17-4-10-20(28)11-5-17/h2-13,23H,15,30H2,1H3,(H,31,32)/t23-/m0/s1. The monoisotopic (exact) mass is 452 g/mol. The van der Waals surface area contributed by atoms with Gasteiger partial charge in [-0.15, -0.1) is 5.10 Å². The number of aryl methyl sites for hydroxylation is 1. The van der Waals surface area contributed by atoms with Crippen LogP contribution in [0.2, 0.25) is 0 Å². The number of aromatic amines is 1. The minimum Gasteiger partial charge on any atom is -0.489 e. The number of aromatic nitrogens is 2. The number of H-pyrrole nitrogens is 1. The summed E-state index contributed by atoms with van der Waals surface area (Å²) in [6, 6.07) is 23.9. The Morgan fingerprint density at radius 3 is 2.44 bits per heavy atom. The number of fused-ring (bicyclic) bond motifs is 1. The fourth-order valence-corrected chi connectivity index (χ4v) is 4.02. The predicted molar refractivity (Wildman–Crippen MR) is 125 cm³/mol. The average molecular weight is 452 g/mol. The zero-order valence-electron chi connectivity index (χ0n) is 18.4. The van der Waals surface area contributed by atoms with E-state index in [-0.39, 0.29) is 11.7 Å². The molecule has 0 unspecified atom stereocenters. The van der Waals surface area contributed by atoms with Crippen molar-refractivity contribution in [1.29, 1.82) is 5.26 Å². The molecule has 2 heterocycles. The summed E-state index contributed by atoms with van der Waals surface area (Å²) in [5, 5.41) is 17.3. The van der Waals surface area contributed by atoms with Crippen molar-refractivity contribution in [3.63, 3.8) is 0 Å². The van der Waals surface area contributed by atoms with Crippen molar-refractivity contribution in [2.75, 3.05) is 0 Å². The number of ether oxygens (including phenoxy) is 2. The van der Waals surface area contributed by atoms with Crippen molar-refractivity contribution in [2.24, 2.45) is 5.73 Å². The molecule has 6 nitrogen and oxygen atoms in total. The summed E-state index contributed by atoms with van der Waals surface area (Å²) < 4.78 is 24.6. The van der Waals surface area contributed by atoms with E-state index in [0.29, 0.717) is 23.8 Å². The number of hydrogen-bond acceptors (Lipinski definition) is 5. The van der Waals surface area contributed by atoms with E-state index in [1.54, 1.807) is 12.1 Å². The molecule has 34 heavy (non-hydrogen) atoms. The van der Waals surface area contributed by atoms with Gasteiger partial charge in [0, 0.05) is 5.56 Å². The molecule has 1 aromatic heterocycles. The molecule has 0 bridgehead atoms. The Balaban J connectivity index is 1.48. The first-order chi connectivity index (χ1) is 16.5. The first-order valence-corrected chi connectivity index (χ1v) is 10.7. The van der Waals surface area contributed by atoms with Crippen LogP contribution in [0.4, 0.5) is 4.39 Å². The molecular formula is C27H21FN4O2. The quantitative estimate of drug-likeness (QED) is 0.427. The maximum atomic E-state index is 13.1. The van der Waals surface area contributed by atoms with Gasteiger partial charge < -0.3 is 15.2 Å². The molecule has 5 rings (SSSR count). The Hall–Kier alpha value is -4.57. The van der Waals surface area contributed by atoms with E-state index in [1.807, 2.05) is 55.5 Å². The summed E-state index contributed by atoms with van der Waals surface area (Å²) in [5.74, 6) is 0.317. The van der Waals surface area contributed by atoms with Gasteiger partial charge in [-0.2, -0.15) is 5.26 Å². The van der Waals surface area contributed by atoms with Crippen molar-refractivity contribution in [3.05, 3.63) is 112 Å². The van der Waals surface area contributed by atoms with Crippen LogP contribution in [0, 0.1) is 24.1 Å². The van der Waals surface area contributed by atoms with E-state index in [9.17, 15) is 9.65 Å². The third kappa shape index (κ3) is 3.97. The van der Waals surface area contributed by atoms with Crippen molar-refractivity contribution in [2.45, 2.75) is 19.4 Å². The van der Waals surface area contributed by atoms with Gasteiger partial charge in [-0.25, -0.2) is 4.39 Å². The molecule has 4 aromatic rings. The van der Waals surface area contributed by atoms with Crippen LogP contribution in [0.1, 0.15) is 28.2 Å². The van der Waals surface area contributed by atoms with Crippen molar-refractivity contribution < 1.29 is 13.9 Å². The van der Waals surface area contributed by atoms with Gasteiger partial charge in [0.05, 0.1) is 17.2 Å². The van der Waals surface area contributed by atoms with E-state index in [4.69, 9.17) is 15.2 Å². The lowest BCUT2D eigenvalue weighted by atomic mass is 9.83. The summed E-state index contributed by atoms with van der Waals surface area (Å²) in [7, 11) is 0. The maximum absolute atomic E-state index is 13.1. The largest absolute Gasteiger partial charge is 0.489 e. The first-order valence-electron chi connectivity index (χ1n) is 10.7. The molecule has 0 spiro atoms. The molecule has 1 aliphatic heterocycles. The van der Waals surface area contributed by atoms with E-state index >= 15 is 0 Å². The molecular weight excluding hydrogens is 431 g/mol. The molecule has 0 amide bonds. The summed E-state index contributed by atoms with van der Waals surface area (Å²) >= 11 is 0. The van der Waals surface area contributed by atoms with Gasteiger partial charge in [0.1, 0.15) is 29.8 Å². The van der Waals surface area contributed by atoms with Gasteiger partial charge in [-0.3, -0.25) is 5.10 Å². The Labute approximate surface area is 196 Å². The third-order valence-corrected chi connectivity index (χ3v) is 5.81.